The van der Waals surface area contributed by atoms with Gasteiger partial charge >= 0.3 is 0 Å². The van der Waals surface area contributed by atoms with E-state index in [1.807, 2.05) is 13.0 Å². The molecule has 2 N–H and O–H groups in total. The molecule has 23 heavy (non-hydrogen) atoms. The maximum atomic E-state index is 12.3. The number of amides is 1. The van der Waals surface area contributed by atoms with Gasteiger partial charge < -0.3 is 19.6 Å². The summed E-state index contributed by atoms with van der Waals surface area (Å²) in [4.78, 5) is 27.1. The van der Waals surface area contributed by atoms with Gasteiger partial charge in [0.05, 0.1) is 24.9 Å². The van der Waals surface area contributed by atoms with Gasteiger partial charge in [0.2, 0.25) is 0 Å². The summed E-state index contributed by atoms with van der Waals surface area (Å²) in [6.07, 6.45) is 2.08. The van der Waals surface area contributed by atoms with Crippen LogP contribution >= 0.6 is 0 Å². The maximum Gasteiger partial charge on any atom is 0.257 e. The lowest BCUT2D eigenvalue weighted by Crippen LogP contribution is -2.42. The molecule has 2 aromatic rings. The minimum Gasteiger partial charge on any atom is -0.379 e. The number of carbonyl (C=O) groups excluding carboxylic acids is 1. The highest BCUT2D eigenvalue weighted by Gasteiger charge is 2.31. The van der Waals surface area contributed by atoms with E-state index < -0.39 is 0 Å². The van der Waals surface area contributed by atoms with Gasteiger partial charge in [-0.1, -0.05) is 5.16 Å². The van der Waals surface area contributed by atoms with Crippen molar-refractivity contribution in [3.05, 3.63) is 51.3 Å². The molecule has 0 spiro atoms. The molecule has 1 aliphatic heterocycles. The normalized spacial score (nSPS) is 20.6. The van der Waals surface area contributed by atoms with Crippen molar-refractivity contribution < 1.29 is 14.1 Å². The molecular formula is C16H19N3O4. The Morgan fingerprint density at radius 1 is 1.39 bits per heavy atom. The van der Waals surface area contributed by atoms with E-state index in [1.165, 1.54) is 12.3 Å². The largest absolute Gasteiger partial charge is 0.379 e. The molecule has 3 heterocycles. The summed E-state index contributed by atoms with van der Waals surface area (Å²) in [6, 6.07) is 3.13. The lowest BCUT2D eigenvalue weighted by Gasteiger charge is -2.17. The zero-order chi connectivity index (χ0) is 16.4. The predicted octanol–water partition coefficient (Wildman–Crippen LogP) is 0.967. The Bertz CT molecular complexity index is 765. The van der Waals surface area contributed by atoms with Gasteiger partial charge in [0.15, 0.2) is 5.43 Å². The molecule has 7 nitrogen and oxygen atoms in total. The highest BCUT2D eigenvalue weighted by atomic mass is 16.5. The zero-order valence-electron chi connectivity index (χ0n) is 13.1. The van der Waals surface area contributed by atoms with Crippen molar-refractivity contribution in [3.8, 4) is 0 Å². The highest BCUT2D eigenvalue weighted by molar-refractivity contribution is 5.94. The average molecular weight is 317 g/mol. The Morgan fingerprint density at radius 2 is 2.22 bits per heavy atom. The second kappa shape index (κ2) is 6.37. The van der Waals surface area contributed by atoms with Gasteiger partial charge in [-0.25, -0.2) is 0 Å². The van der Waals surface area contributed by atoms with Crippen LogP contribution in [0.1, 0.15) is 27.5 Å². The standard InChI is InChI=1S/C16H19N3O4/c1-9-4-15(20)13(6-17-9)16(21)18-14-8-22-7-11(14)5-12-3-10(2)19-23-12/h3-4,6,11,14H,5,7-8H2,1-2H3,(H,17,20)(H,18,21)/t11-,14+/m1/s1. The number of aromatic nitrogens is 2. The molecule has 1 amide bonds. The minimum absolute atomic E-state index is 0.0934. The first kappa shape index (κ1) is 15.5. The minimum atomic E-state index is -0.388. The van der Waals surface area contributed by atoms with Gasteiger partial charge in [-0.2, -0.15) is 0 Å². The van der Waals surface area contributed by atoms with Gasteiger partial charge in [-0.15, -0.1) is 0 Å². The number of carbonyl (C=O) groups is 1. The Kier molecular flexibility index (Phi) is 4.29. The molecular weight excluding hydrogens is 298 g/mol. The van der Waals surface area contributed by atoms with E-state index in [2.05, 4.69) is 15.5 Å². The first-order valence-electron chi connectivity index (χ1n) is 7.53. The van der Waals surface area contributed by atoms with Gasteiger partial charge in [0, 0.05) is 36.4 Å². The first-order valence-corrected chi connectivity index (χ1v) is 7.53. The number of H-pyrrole nitrogens is 1. The summed E-state index contributed by atoms with van der Waals surface area (Å²) in [5, 5.41) is 6.75. The number of aryl methyl sites for hydroxylation is 2. The lowest BCUT2D eigenvalue weighted by molar-refractivity contribution is 0.0923. The van der Waals surface area contributed by atoms with Crippen LogP contribution < -0.4 is 10.7 Å². The molecule has 0 bridgehead atoms. The molecule has 0 unspecified atom stereocenters. The van der Waals surface area contributed by atoms with Crippen molar-refractivity contribution >= 4 is 5.91 Å². The molecule has 0 radical (unpaired) electrons. The van der Waals surface area contributed by atoms with Crippen molar-refractivity contribution in [3.63, 3.8) is 0 Å². The van der Waals surface area contributed by atoms with E-state index in [9.17, 15) is 9.59 Å². The molecule has 3 rings (SSSR count). The Morgan fingerprint density at radius 3 is 2.91 bits per heavy atom. The highest BCUT2D eigenvalue weighted by Crippen LogP contribution is 2.20. The third-order valence-electron chi connectivity index (χ3n) is 3.96. The van der Waals surface area contributed by atoms with E-state index in [4.69, 9.17) is 9.26 Å². The smallest absolute Gasteiger partial charge is 0.257 e. The summed E-state index contributed by atoms with van der Waals surface area (Å²) < 4.78 is 10.7. The van der Waals surface area contributed by atoms with Crippen LogP contribution in [0.25, 0.3) is 0 Å². The van der Waals surface area contributed by atoms with E-state index in [0.29, 0.717) is 25.3 Å². The lowest BCUT2D eigenvalue weighted by atomic mass is 9.98. The van der Waals surface area contributed by atoms with Crippen molar-refractivity contribution in [2.45, 2.75) is 26.3 Å². The molecule has 2 aromatic heterocycles. The molecule has 1 fully saturated rings. The number of rotatable bonds is 4. The molecule has 122 valence electrons. The third kappa shape index (κ3) is 3.50. The number of nitrogens with zero attached hydrogens (tertiary/aromatic N) is 1. The Labute approximate surface area is 133 Å². The Balaban J connectivity index is 1.68. The van der Waals surface area contributed by atoms with Crippen LogP contribution in [-0.4, -0.2) is 35.3 Å². The zero-order valence-corrected chi connectivity index (χ0v) is 13.1. The number of pyridine rings is 1. The van der Waals surface area contributed by atoms with Crippen LogP contribution in [0.15, 0.2) is 27.6 Å². The summed E-state index contributed by atoms with van der Waals surface area (Å²) in [5.41, 5.74) is 1.36. The van der Waals surface area contributed by atoms with Gasteiger partial charge in [0.25, 0.3) is 5.91 Å². The number of aromatic amines is 1. The van der Waals surface area contributed by atoms with Crippen molar-refractivity contribution in [2.24, 2.45) is 5.92 Å². The van der Waals surface area contributed by atoms with Crippen LogP contribution in [0.4, 0.5) is 0 Å². The second-order valence-corrected chi connectivity index (χ2v) is 5.91. The topological polar surface area (TPSA) is 97.2 Å². The molecule has 0 aromatic carbocycles. The number of nitrogens with one attached hydrogen (secondary N) is 2. The molecule has 7 heteroatoms. The average Bonchev–Trinajstić information content (AvgIpc) is 3.09. The van der Waals surface area contributed by atoms with E-state index in [1.54, 1.807) is 6.92 Å². The summed E-state index contributed by atoms with van der Waals surface area (Å²) in [6.45, 7) is 4.59. The fourth-order valence-electron chi connectivity index (χ4n) is 2.73. The van der Waals surface area contributed by atoms with Crippen molar-refractivity contribution in [2.75, 3.05) is 13.2 Å². The van der Waals surface area contributed by atoms with Crippen LogP contribution in [0.5, 0.6) is 0 Å². The molecule has 1 aliphatic rings. The Hall–Kier alpha value is -2.41. The predicted molar refractivity (Wildman–Crippen MR) is 82.3 cm³/mol. The first-order chi connectivity index (χ1) is 11.0. The molecule has 1 saturated heterocycles. The summed E-state index contributed by atoms with van der Waals surface area (Å²) >= 11 is 0. The fourth-order valence-corrected chi connectivity index (χ4v) is 2.73. The monoisotopic (exact) mass is 317 g/mol. The molecule has 0 aliphatic carbocycles. The van der Waals surface area contributed by atoms with Gasteiger partial charge in [-0.05, 0) is 13.8 Å². The van der Waals surface area contributed by atoms with E-state index in [-0.39, 0.29) is 28.9 Å². The van der Waals surface area contributed by atoms with Crippen LogP contribution in [0.2, 0.25) is 0 Å². The quantitative estimate of drug-likeness (QED) is 0.875. The van der Waals surface area contributed by atoms with Gasteiger partial charge in [-0.3, -0.25) is 9.59 Å². The van der Waals surface area contributed by atoms with Gasteiger partial charge in [0.1, 0.15) is 11.3 Å². The van der Waals surface area contributed by atoms with Crippen LogP contribution in [0.3, 0.4) is 0 Å². The second-order valence-electron chi connectivity index (χ2n) is 5.91. The number of hydrogen-bond acceptors (Lipinski definition) is 5. The maximum absolute atomic E-state index is 12.3. The van der Waals surface area contributed by atoms with Crippen molar-refractivity contribution in [1.82, 2.24) is 15.5 Å². The SMILES string of the molecule is Cc1cc(C[C@@H]2COC[C@@H]2NC(=O)c2c[nH]c(C)cc2=O)on1. The van der Waals surface area contributed by atoms with Crippen molar-refractivity contribution in [1.29, 1.82) is 0 Å². The molecule has 2 atom stereocenters. The third-order valence-corrected chi connectivity index (χ3v) is 3.96. The summed E-state index contributed by atoms with van der Waals surface area (Å²) in [5.74, 6) is 0.474. The van der Waals surface area contributed by atoms with E-state index in [0.717, 1.165) is 11.5 Å². The number of hydrogen-bond donors (Lipinski definition) is 2. The van der Waals surface area contributed by atoms with Crippen LogP contribution in [-0.2, 0) is 11.2 Å². The van der Waals surface area contributed by atoms with Crippen LogP contribution in [0, 0.1) is 19.8 Å². The van der Waals surface area contributed by atoms with E-state index >= 15 is 0 Å². The summed E-state index contributed by atoms with van der Waals surface area (Å²) in [7, 11) is 0. The molecule has 0 saturated carbocycles. The number of ether oxygens (including phenoxy) is 1. The fraction of sp³-hybridized carbons (Fsp3) is 0.438.